The van der Waals surface area contributed by atoms with E-state index in [4.69, 9.17) is 39.5 Å². The van der Waals surface area contributed by atoms with E-state index in [-0.39, 0.29) is 20.9 Å². The second kappa shape index (κ2) is 8.75. The molecule has 0 bridgehead atoms. The number of fused-ring (bicyclic) bond motifs is 1. The number of phenols is 1. The van der Waals surface area contributed by atoms with Crippen LogP contribution in [0.25, 0.3) is 6.08 Å². The number of phenolic OH excluding ortho intramolecular Hbond substituents is 1. The summed E-state index contributed by atoms with van der Waals surface area (Å²) in [7, 11) is 1.28. The Kier molecular flexibility index (Phi) is 6.18. The first kappa shape index (κ1) is 22.6. The van der Waals surface area contributed by atoms with Gasteiger partial charge in [-0.2, -0.15) is 0 Å². The summed E-state index contributed by atoms with van der Waals surface area (Å²) in [4.78, 5) is 30.9. The van der Waals surface area contributed by atoms with Crippen molar-refractivity contribution in [3.8, 4) is 5.75 Å². The van der Waals surface area contributed by atoms with Gasteiger partial charge in [-0.3, -0.25) is 9.36 Å². The SMILES string of the molecule is COC(=O)C1=C(C)N=c2s/c(=C\c3cc(Cl)cc(Cl)c3O)c(=O)n2[C@@H]1c1ccc(Cl)cc1. The van der Waals surface area contributed by atoms with Gasteiger partial charge in [0.05, 0.1) is 34.0 Å². The summed E-state index contributed by atoms with van der Waals surface area (Å²) in [6.07, 6.45) is 1.49. The number of carbonyl (C=O) groups excluding carboxylic acids is 1. The predicted octanol–water partition coefficient (Wildman–Crippen LogP) is 4.07. The third-order valence-electron chi connectivity index (χ3n) is 4.96. The molecule has 0 unspecified atom stereocenters. The lowest BCUT2D eigenvalue weighted by Crippen LogP contribution is -2.39. The molecule has 0 spiro atoms. The van der Waals surface area contributed by atoms with E-state index in [1.165, 1.54) is 29.9 Å². The standard InChI is InChI=1S/C22H15Cl3N2O4S/c1-10-17(21(30)31-2)18(11-3-5-13(23)6-4-11)27-20(29)16(32-22(27)26-10)8-12-7-14(24)9-15(25)19(12)28/h3-9,18,28H,1-2H3/b16-8-/t18-/m1/s1. The minimum Gasteiger partial charge on any atom is -0.506 e. The molecule has 1 aliphatic heterocycles. The number of esters is 1. The number of rotatable bonds is 3. The van der Waals surface area contributed by atoms with E-state index in [9.17, 15) is 14.7 Å². The minimum absolute atomic E-state index is 0.0689. The van der Waals surface area contributed by atoms with Gasteiger partial charge in [0.2, 0.25) is 0 Å². The summed E-state index contributed by atoms with van der Waals surface area (Å²) >= 11 is 19.2. The van der Waals surface area contributed by atoms with Crippen molar-refractivity contribution in [3.05, 3.63) is 93.6 Å². The molecule has 4 rings (SSSR count). The van der Waals surface area contributed by atoms with Crippen LogP contribution < -0.4 is 14.9 Å². The van der Waals surface area contributed by atoms with Crippen molar-refractivity contribution >= 4 is 58.2 Å². The molecule has 6 nitrogen and oxygen atoms in total. The summed E-state index contributed by atoms with van der Waals surface area (Å²) in [6, 6.07) is 9.01. The fourth-order valence-corrected chi connectivity index (χ4v) is 5.16. The van der Waals surface area contributed by atoms with Gasteiger partial charge in [-0.05, 0) is 42.8 Å². The highest BCUT2D eigenvalue weighted by molar-refractivity contribution is 7.07. The normalized spacial score (nSPS) is 16.0. The number of hydrogen-bond acceptors (Lipinski definition) is 6. The maximum atomic E-state index is 13.4. The van der Waals surface area contributed by atoms with Crippen LogP contribution in [-0.2, 0) is 9.53 Å². The molecular formula is C22H15Cl3N2O4S. The molecule has 3 aromatic rings. The van der Waals surface area contributed by atoms with E-state index in [1.807, 2.05) is 0 Å². The number of methoxy groups -OCH3 is 1. The molecule has 1 aliphatic rings. The first-order valence-corrected chi connectivity index (χ1v) is 11.2. The average Bonchev–Trinajstić information content (AvgIpc) is 3.05. The average molecular weight is 510 g/mol. The second-order valence-electron chi connectivity index (χ2n) is 6.95. The van der Waals surface area contributed by atoms with Crippen LogP contribution in [0.1, 0.15) is 24.1 Å². The number of nitrogens with zero attached hydrogens (tertiary/aromatic N) is 2. The molecular weight excluding hydrogens is 495 g/mol. The molecule has 0 fully saturated rings. The minimum atomic E-state index is -0.755. The molecule has 0 amide bonds. The number of aromatic hydroxyl groups is 1. The van der Waals surface area contributed by atoms with Gasteiger partial charge < -0.3 is 9.84 Å². The summed E-state index contributed by atoms with van der Waals surface area (Å²) < 4.78 is 6.69. The lowest BCUT2D eigenvalue weighted by atomic mass is 9.96. The zero-order valence-electron chi connectivity index (χ0n) is 16.7. The van der Waals surface area contributed by atoms with Crippen molar-refractivity contribution in [2.75, 3.05) is 7.11 Å². The first-order chi connectivity index (χ1) is 15.2. The fraction of sp³-hybridized carbons (Fsp3) is 0.136. The quantitative estimate of drug-likeness (QED) is 0.540. The molecule has 1 aromatic heterocycles. The zero-order valence-corrected chi connectivity index (χ0v) is 19.8. The van der Waals surface area contributed by atoms with Gasteiger partial charge in [-0.1, -0.05) is 58.3 Å². The van der Waals surface area contributed by atoms with Crippen molar-refractivity contribution in [2.24, 2.45) is 4.99 Å². The van der Waals surface area contributed by atoms with Crippen LogP contribution in [0.2, 0.25) is 15.1 Å². The number of carbonyl (C=O) groups is 1. The van der Waals surface area contributed by atoms with Gasteiger partial charge in [-0.25, -0.2) is 9.79 Å². The van der Waals surface area contributed by atoms with Crippen molar-refractivity contribution < 1.29 is 14.6 Å². The molecule has 2 heterocycles. The van der Waals surface area contributed by atoms with E-state index in [0.717, 1.165) is 11.3 Å². The number of ether oxygens (including phenoxy) is 1. The molecule has 164 valence electrons. The Bertz CT molecular complexity index is 1460. The third kappa shape index (κ3) is 3.97. The van der Waals surface area contributed by atoms with Crippen LogP contribution in [0.4, 0.5) is 0 Å². The van der Waals surface area contributed by atoms with Gasteiger partial charge in [-0.15, -0.1) is 0 Å². The number of halogens is 3. The van der Waals surface area contributed by atoms with Crippen LogP contribution >= 0.6 is 46.1 Å². The Morgan fingerprint density at radius 1 is 1.19 bits per heavy atom. The van der Waals surface area contributed by atoms with Gasteiger partial charge in [0.25, 0.3) is 5.56 Å². The molecule has 0 aliphatic carbocycles. The topological polar surface area (TPSA) is 80.9 Å². The number of allylic oxidation sites excluding steroid dienone is 1. The Labute approximate surface area is 201 Å². The molecule has 0 radical (unpaired) electrons. The molecule has 0 saturated heterocycles. The highest BCUT2D eigenvalue weighted by atomic mass is 35.5. The van der Waals surface area contributed by atoms with E-state index in [0.29, 0.717) is 31.7 Å². The summed E-state index contributed by atoms with van der Waals surface area (Å²) in [5.74, 6) is -0.776. The number of aromatic nitrogens is 1. The van der Waals surface area contributed by atoms with E-state index in [1.54, 1.807) is 31.2 Å². The smallest absolute Gasteiger partial charge is 0.338 e. The van der Waals surface area contributed by atoms with Gasteiger partial charge in [0, 0.05) is 15.6 Å². The molecule has 2 aromatic carbocycles. The first-order valence-electron chi connectivity index (χ1n) is 9.25. The maximum absolute atomic E-state index is 13.4. The van der Waals surface area contributed by atoms with E-state index in [2.05, 4.69) is 4.99 Å². The van der Waals surface area contributed by atoms with E-state index >= 15 is 0 Å². The number of hydrogen-bond donors (Lipinski definition) is 1. The second-order valence-corrected chi connectivity index (χ2v) is 9.24. The number of benzene rings is 2. The number of thiazole rings is 1. The largest absolute Gasteiger partial charge is 0.506 e. The van der Waals surface area contributed by atoms with E-state index < -0.39 is 17.6 Å². The summed E-state index contributed by atoms with van der Waals surface area (Å²) in [5, 5.41) is 11.2. The van der Waals surface area contributed by atoms with Gasteiger partial charge in [0.15, 0.2) is 4.80 Å². The highest BCUT2D eigenvalue weighted by Gasteiger charge is 2.33. The Morgan fingerprint density at radius 2 is 1.88 bits per heavy atom. The van der Waals surface area contributed by atoms with Crippen molar-refractivity contribution in [3.63, 3.8) is 0 Å². The summed E-state index contributed by atoms with van der Waals surface area (Å²) in [6.45, 7) is 1.69. The van der Waals surface area contributed by atoms with Crippen molar-refractivity contribution in [1.82, 2.24) is 4.57 Å². The molecule has 0 saturated carbocycles. The highest BCUT2D eigenvalue weighted by Crippen LogP contribution is 2.32. The van der Waals surface area contributed by atoms with Gasteiger partial charge in [0.1, 0.15) is 5.75 Å². The molecule has 32 heavy (non-hydrogen) atoms. The van der Waals surface area contributed by atoms with Crippen LogP contribution in [0.5, 0.6) is 5.75 Å². The molecule has 1 atom stereocenters. The Hall–Kier alpha value is -2.58. The lowest BCUT2D eigenvalue weighted by molar-refractivity contribution is -0.136. The van der Waals surface area contributed by atoms with Crippen molar-refractivity contribution in [1.29, 1.82) is 0 Å². The Morgan fingerprint density at radius 3 is 2.53 bits per heavy atom. The third-order valence-corrected chi connectivity index (χ3v) is 6.70. The molecule has 1 N–H and O–H groups in total. The van der Waals surface area contributed by atoms with Crippen LogP contribution in [0.3, 0.4) is 0 Å². The monoisotopic (exact) mass is 508 g/mol. The lowest BCUT2D eigenvalue weighted by Gasteiger charge is -2.24. The van der Waals surface area contributed by atoms with Crippen LogP contribution in [-0.4, -0.2) is 22.8 Å². The fourth-order valence-electron chi connectivity index (χ4n) is 3.49. The molecule has 10 heteroatoms. The maximum Gasteiger partial charge on any atom is 0.338 e. The zero-order chi connectivity index (χ0) is 23.2. The van der Waals surface area contributed by atoms with Crippen molar-refractivity contribution in [2.45, 2.75) is 13.0 Å². The summed E-state index contributed by atoms with van der Waals surface area (Å²) in [5.41, 5.74) is 1.27. The predicted molar refractivity (Wildman–Crippen MR) is 125 cm³/mol. The Balaban J connectivity index is 2.00. The van der Waals surface area contributed by atoms with Gasteiger partial charge >= 0.3 is 5.97 Å². The van der Waals surface area contributed by atoms with Crippen LogP contribution in [0.15, 0.2) is 57.5 Å². The van der Waals surface area contributed by atoms with Crippen LogP contribution in [0, 0.1) is 0 Å².